The molecule has 24 heavy (non-hydrogen) atoms. The van der Waals surface area contributed by atoms with E-state index in [0.29, 0.717) is 16.4 Å². The van der Waals surface area contributed by atoms with E-state index in [4.69, 9.17) is 4.42 Å². The maximum atomic E-state index is 12.1. The van der Waals surface area contributed by atoms with Crippen LogP contribution in [0.5, 0.6) is 0 Å². The van der Waals surface area contributed by atoms with Gasteiger partial charge in [0.15, 0.2) is 5.76 Å². The Morgan fingerprint density at radius 3 is 2.92 bits per heavy atom. The van der Waals surface area contributed by atoms with Crippen molar-refractivity contribution >= 4 is 28.2 Å². The summed E-state index contributed by atoms with van der Waals surface area (Å²) in [5.41, 5.74) is 0. The first-order valence-electron chi connectivity index (χ1n) is 7.41. The number of anilines is 1. The lowest BCUT2D eigenvalue weighted by molar-refractivity contribution is 0.0955. The van der Waals surface area contributed by atoms with Gasteiger partial charge in [-0.3, -0.25) is 9.59 Å². The fraction of sp³-hybridized carbons (Fsp3) is 0.188. The van der Waals surface area contributed by atoms with Crippen molar-refractivity contribution in [1.29, 1.82) is 0 Å². The van der Waals surface area contributed by atoms with E-state index < -0.39 is 0 Å². The van der Waals surface area contributed by atoms with Gasteiger partial charge in [-0.05, 0) is 30.7 Å². The maximum absolute atomic E-state index is 12.1. The van der Waals surface area contributed by atoms with Crippen LogP contribution in [-0.4, -0.2) is 27.9 Å². The number of aromatic nitrogens is 2. The number of imidazole rings is 1. The van der Waals surface area contributed by atoms with Gasteiger partial charge in [0.05, 0.1) is 22.5 Å². The van der Waals surface area contributed by atoms with Gasteiger partial charge in [-0.25, -0.2) is 4.98 Å². The highest BCUT2D eigenvalue weighted by atomic mass is 32.1. The molecule has 3 rings (SSSR count). The maximum Gasteiger partial charge on any atom is 0.291 e. The molecule has 124 valence electrons. The van der Waals surface area contributed by atoms with Gasteiger partial charge in [0.2, 0.25) is 0 Å². The Morgan fingerprint density at radius 2 is 2.17 bits per heavy atom. The highest BCUT2D eigenvalue weighted by Gasteiger charge is 2.13. The summed E-state index contributed by atoms with van der Waals surface area (Å²) in [6.07, 6.45) is 7.61. The van der Waals surface area contributed by atoms with Crippen LogP contribution in [0.15, 0.2) is 53.7 Å². The molecule has 0 fully saturated rings. The summed E-state index contributed by atoms with van der Waals surface area (Å²) >= 11 is 1.22. The van der Waals surface area contributed by atoms with E-state index in [1.54, 1.807) is 36.8 Å². The number of hydrogen-bond donors (Lipinski definition) is 2. The summed E-state index contributed by atoms with van der Waals surface area (Å²) in [7, 11) is 0. The lowest BCUT2D eigenvalue weighted by Crippen LogP contribution is -2.24. The van der Waals surface area contributed by atoms with Crippen molar-refractivity contribution in [3.05, 3.63) is 59.9 Å². The number of thiophene rings is 1. The number of aryl methyl sites for hydroxylation is 1. The van der Waals surface area contributed by atoms with E-state index in [9.17, 15) is 9.59 Å². The zero-order valence-corrected chi connectivity index (χ0v) is 13.6. The molecule has 0 radical (unpaired) electrons. The second kappa shape index (κ2) is 7.60. The molecule has 0 aliphatic rings. The van der Waals surface area contributed by atoms with Crippen molar-refractivity contribution in [1.82, 2.24) is 14.9 Å². The molecule has 0 bridgehead atoms. The Kier molecular flexibility index (Phi) is 5.07. The molecule has 0 spiro atoms. The van der Waals surface area contributed by atoms with Gasteiger partial charge in [0, 0.05) is 25.5 Å². The molecule has 7 nitrogen and oxygen atoms in total. The Balaban J connectivity index is 1.45. The van der Waals surface area contributed by atoms with Crippen LogP contribution in [-0.2, 0) is 6.54 Å². The standard InChI is InChI=1S/C16H16N4O3S/c21-15(12-3-1-10-23-12)19-14-5-4-13(24-14)16(22)18-6-2-8-20-9-7-17-11-20/h1,3-5,7,9-11H,2,6,8H2,(H,18,22)(H,19,21). The van der Waals surface area contributed by atoms with Crippen molar-refractivity contribution < 1.29 is 14.0 Å². The minimum absolute atomic E-state index is 0.149. The summed E-state index contributed by atoms with van der Waals surface area (Å²) < 4.78 is 6.98. The second-order valence-electron chi connectivity index (χ2n) is 5.01. The number of amides is 2. The molecule has 0 atom stereocenters. The minimum atomic E-state index is -0.339. The van der Waals surface area contributed by atoms with Gasteiger partial charge in [-0.2, -0.15) is 0 Å². The van der Waals surface area contributed by atoms with E-state index in [-0.39, 0.29) is 17.6 Å². The number of nitrogens with zero attached hydrogens (tertiary/aromatic N) is 2. The molecule has 0 aromatic carbocycles. The lowest BCUT2D eigenvalue weighted by atomic mass is 10.4. The van der Waals surface area contributed by atoms with Gasteiger partial charge < -0.3 is 19.6 Å². The highest BCUT2D eigenvalue weighted by molar-refractivity contribution is 7.18. The number of furan rings is 1. The molecular formula is C16H16N4O3S. The predicted molar refractivity (Wildman–Crippen MR) is 90.2 cm³/mol. The van der Waals surface area contributed by atoms with Crippen LogP contribution in [0.1, 0.15) is 26.6 Å². The zero-order valence-electron chi connectivity index (χ0n) is 12.8. The fourth-order valence-electron chi connectivity index (χ4n) is 2.08. The number of nitrogens with one attached hydrogen (secondary N) is 2. The zero-order chi connectivity index (χ0) is 16.8. The normalized spacial score (nSPS) is 10.5. The third-order valence-corrected chi connectivity index (χ3v) is 4.25. The van der Waals surface area contributed by atoms with E-state index in [1.807, 2.05) is 10.8 Å². The average molecular weight is 344 g/mol. The summed E-state index contributed by atoms with van der Waals surface area (Å²) in [4.78, 5) is 28.5. The summed E-state index contributed by atoms with van der Waals surface area (Å²) in [6.45, 7) is 1.37. The molecule has 8 heteroatoms. The highest BCUT2D eigenvalue weighted by Crippen LogP contribution is 2.22. The summed E-state index contributed by atoms with van der Waals surface area (Å²) in [5, 5.41) is 6.16. The van der Waals surface area contributed by atoms with E-state index >= 15 is 0 Å². The molecule has 0 saturated carbocycles. The lowest BCUT2D eigenvalue weighted by Gasteiger charge is -2.04. The Hall–Kier alpha value is -2.87. The number of carbonyl (C=O) groups is 2. The smallest absolute Gasteiger partial charge is 0.291 e. The van der Waals surface area contributed by atoms with Crippen LogP contribution < -0.4 is 10.6 Å². The van der Waals surface area contributed by atoms with Crippen LogP contribution in [0.4, 0.5) is 5.00 Å². The Bertz CT molecular complexity index is 793. The Morgan fingerprint density at radius 1 is 1.25 bits per heavy atom. The molecule has 0 unspecified atom stereocenters. The molecule has 3 aromatic rings. The van der Waals surface area contributed by atoms with Crippen molar-refractivity contribution in [3.8, 4) is 0 Å². The van der Waals surface area contributed by atoms with Crippen molar-refractivity contribution in [3.63, 3.8) is 0 Å². The third-order valence-electron chi connectivity index (χ3n) is 3.25. The number of hydrogen-bond acceptors (Lipinski definition) is 5. The van der Waals surface area contributed by atoms with Crippen LogP contribution in [0.2, 0.25) is 0 Å². The molecule has 0 aliphatic carbocycles. The summed E-state index contributed by atoms with van der Waals surface area (Å²) in [6, 6.07) is 6.61. The average Bonchev–Trinajstić information content (AvgIpc) is 3.33. The van der Waals surface area contributed by atoms with E-state index in [2.05, 4.69) is 15.6 Å². The van der Waals surface area contributed by atoms with Gasteiger partial charge >= 0.3 is 0 Å². The van der Waals surface area contributed by atoms with Gasteiger partial charge in [-0.15, -0.1) is 11.3 Å². The first kappa shape index (κ1) is 16.0. The van der Waals surface area contributed by atoms with E-state index in [1.165, 1.54) is 17.6 Å². The molecule has 3 heterocycles. The van der Waals surface area contributed by atoms with Crippen LogP contribution in [0, 0.1) is 0 Å². The number of rotatable bonds is 7. The molecule has 2 N–H and O–H groups in total. The minimum Gasteiger partial charge on any atom is -0.459 e. The molecular weight excluding hydrogens is 328 g/mol. The molecule has 3 aromatic heterocycles. The number of carbonyl (C=O) groups excluding carboxylic acids is 2. The quantitative estimate of drug-likeness (QED) is 0.645. The monoisotopic (exact) mass is 344 g/mol. The SMILES string of the molecule is O=C(Nc1ccc(C(=O)NCCCn2ccnc2)s1)c1ccco1. The van der Waals surface area contributed by atoms with Gasteiger partial charge in [-0.1, -0.05) is 0 Å². The predicted octanol–water partition coefficient (Wildman–Crippen LogP) is 2.61. The van der Waals surface area contributed by atoms with Crippen molar-refractivity contribution in [2.24, 2.45) is 0 Å². The first-order valence-corrected chi connectivity index (χ1v) is 8.22. The molecule has 0 aliphatic heterocycles. The van der Waals surface area contributed by atoms with Gasteiger partial charge in [0.25, 0.3) is 11.8 Å². The molecule has 2 amide bonds. The summed E-state index contributed by atoms with van der Waals surface area (Å²) in [5.74, 6) is -0.257. The third kappa shape index (κ3) is 4.11. The molecule has 0 saturated heterocycles. The Labute approximate surface area is 142 Å². The second-order valence-corrected chi connectivity index (χ2v) is 6.09. The van der Waals surface area contributed by atoms with Crippen LogP contribution >= 0.6 is 11.3 Å². The van der Waals surface area contributed by atoms with Crippen LogP contribution in [0.3, 0.4) is 0 Å². The first-order chi connectivity index (χ1) is 11.7. The fourth-order valence-corrected chi connectivity index (χ4v) is 2.90. The van der Waals surface area contributed by atoms with E-state index in [0.717, 1.165) is 13.0 Å². The largest absolute Gasteiger partial charge is 0.459 e. The van der Waals surface area contributed by atoms with Crippen molar-refractivity contribution in [2.75, 3.05) is 11.9 Å². The van der Waals surface area contributed by atoms with Crippen LogP contribution in [0.25, 0.3) is 0 Å². The topological polar surface area (TPSA) is 89.2 Å². The van der Waals surface area contributed by atoms with Gasteiger partial charge in [0.1, 0.15) is 0 Å². The van der Waals surface area contributed by atoms with Crippen molar-refractivity contribution in [2.45, 2.75) is 13.0 Å².